The number of nitrogens with zero attached hydrogens (tertiary/aromatic N) is 3. The molecular weight excluding hydrogens is 250 g/mol. The first kappa shape index (κ1) is 12.7. The number of fused-ring (bicyclic) bond motifs is 1. The van der Waals surface area contributed by atoms with Crippen molar-refractivity contribution in [1.82, 2.24) is 19.9 Å². The fourth-order valence-corrected chi connectivity index (χ4v) is 2.32. The molecule has 0 aliphatic carbocycles. The number of hydrogen-bond acceptors (Lipinski definition) is 4. The zero-order valence-corrected chi connectivity index (χ0v) is 11.6. The number of pyridine rings is 1. The maximum absolute atomic E-state index is 5.79. The van der Waals surface area contributed by atoms with Gasteiger partial charge in [-0.3, -0.25) is 4.98 Å². The molecule has 3 rings (SSSR count). The van der Waals surface area contributed by atoms with E-state index in [2.05, 4.69) is 28.8 Å². The Kier molecular flexibility index (Phi) is 3.20. The van der Waals surface area contributed by atoms with Crippen LogP contribution >= 0.6 is 0 Å². The van der Waals surface area contributed by atoms with Crippen LogP contribution in [-0.4, -0.2) is 19.9 Å². The van der Waals surface area contributed by atoms with E-state index in [4.69, 9.17) is 10.7 Å². The zero-order valence-electron chi connectivity index (χ0n) is 11.6. The molecule has 0 spiro atoms. The van der Waals surface area contributed by atoms with Crippen LogP contribution < -0.4 is 5.73 Å². The molecule has 0 bridgehead atoms. The molecule has 3 aromatic rings. The molecular formula is C15H17N5. The van der Waals surface area contributed by atoms with E-state index in [1.54, 1.807) is 6.20 Å². The van der Waals surface area contributed by atoms with Crippen LogP contribution in [0.4, 0.5) is 0 Å². The number of H-pyrrole nitrogens is 1. The normalized spacial score (nSPS) is 11.4. The minimum atomic E-state index is 0.295. The Balaban J connectivity index is 2.27. The molecule has 0 amide bonds. The van der Waals surface area contributed by atoms with E-state index in [0.717, 1.165) is 28.0 Å². The summed E-state index contributed by atoms with van der Waals surface area (Å²) in [4.78, 5) is 16.8. The largest absolute Gasteiger partial charge is 0.346 e. The number of rotatable bonds is 3. The molecule has 0 saturated heterocycles. The highest BCUT2D eigenvalue weighted by Crippen LogP contribution is 2.27. The van der Waals surface area contributed by atoms with E-state index in [9.17, 15) is 0 Å². The summed E-state index contributed by atoms with van der Waals surface area (Å²) in [5, 5.41) is 1.04. The molecule has 0 atom stereocenters. The van der Waals surface area contributed by atoms with E-state index in [-0.39, 0.29) is 0 Å². The highest BCUT2D eigenvalue weighted by molar-refractivity contribution is 5.84. The first-order valence-electron chi connectivity index (χ1n) is 6.70. The zero-order chi connectivity index (χ0) is 14.1. The fourth-order valence-electron chi connectivity index (χ4n) is 2.32. The molecule has 3 aromatic heterocycles. The lowest BCUT2D eigenvalue weighted by Gasteiger charge is -2.09. The fraction of sp³-hybridized carbons (Fsp3) is 0.267. The third-order valence-corrected chi connectivity index (χ3v) is 3.30. The molecule has 5 heteroatoms. The maximum atomic E-state index is 5.79. The van der Waals surface area contributed by atoms with Gasteiger partial charge >= 0.3 is 0 Å². The van der Waals surface area contributed by atoms with Crippen molar-refractivity contribution in [3.05, 3.63) is 41.9 Å². The van der Waals surface area contributed by atoms with Gasteiger partial charge in [0.25, 0.3) is 0 Å². The van der Waals surface area contributed by atoms with Gasteiger partial charge in [0.05, 0.1) is 5.69 Å². The van der Waals surface area contributed by atoms with Crippen molar-refractivity contribution in [2.45, 2.75) is 26.3 Å². The molecule has 3 N–H and O–H groups in total. The first-order chi connectivity index (χ1) is 9.70. The van der Waals surface area contributed by atoms with Crippen LogP contribution in [0.25, 0.3) is 22.6 Å². The Hall–Kier alpha value is -2.27. The van der Waals surface area contributed by atoms with E-state index < -0.39 is 0 Å². The van der Waals surface area contributed by atoms with Gasteiger partial charge in [0.15, 0.2) is 5.82 Å². The third kappa shape index (κ3) is 2.06. The minimum Gasteiger partial charge on any atom is -0.346 e. The minimum absolute atomic E-state index is 0.295. The molecule has 0 aromatic carbocycles. The Morgan fingerprint density at radius 2 is 2.10 bits per heavy atom. The van der Waals surface area contributed by atoms with E-state index in [1.807, 2.05) is 24.4 Å². The van der Waals surface area contributed by atoms with Gasteiger partial charge in [0.2, 0.25) is 0 Å². The molecule has 0 aliphatic heterocycles. The van der Waals surface area contributed by atoms with Crippen molar-refractivity contribution in [3.8, 4) is 11.5 Å². The van der Waals surface area contributed by atoms with Crippen LogP contribution in [-0.2, 0) is 6.54 Å². The van der Waals surface area contributed by atoms with Gasteiger partial charge in [0.1, 0.15) is 11.3 Å². The summed E-state index contributed by atoms with van der Waals surface area (Å²) in [6, 6.07) is 5.73. The lowest BCUT2D eigenvalue weighted by molar-refractivity contribution is 0.828. The number of nitrogens with one attached hydrogen (secondary N) is 1. The number of aromatic nitrogens is 4. The highest BCUT2D eigenvalue weighted by Gasteiger charge is 2.16. The molecule has 0 radical (unpaired) electrons. The van der Waals surface area contributed by atoms with Gasteiger partial charge in [-0.2, -0.15) is 0 Å². The average molecular weight is 267 g/mol. The van der Waals surface area contributed by atoms with Gasteiger partial charge in [-0.15, -0.1) is 0 Å². The predicted octanol–water partition coefficient (Wildman–Crippen LogP) is 2.60. The molecule has 0 fully saturated rings. The second kappa shape index (κ2) is 5.02. The molecule has 20 heavy (non-hydrogen) atoms. The van der Waals surface area contributed by atoms with Gasteiger partial charge in [-0.1, -0.05) is 19.9 Å². The van der Waals surface area contributed by atoms with Crippen molar-refractivity contribution < 1.29 is 0 Å². The summed E-state index contributed by atoms with van der Waals surface area (Å²) in [5.74, 6) is 0.941. The van der Waals surface area contributed by atoms with E-state index in [1.165, 1.54) is 0 Å². The third-order valence-electron chi connectivity index (χ3n) is 3.30. The quantitative estimate of drug-likeness (QED) is 0.764. The number of aromatic amines is 1. The molecule has 102 valence electrons. The van der Waals surface area contributed by atoms with Crippen LogP contribution in [0.5, 0.6) is 0 Å². The molecule has 5 nitrogen and oxygen atoms in total. The second-order valence-electron chi connectivity index (χ2n) is 5.04. The Labute approximate surface area is 117 Å². The second-order valence-corrected chi connectivity index (χ2v) is 5.04. The average Bonchev–Trinajstić information content (AvgIpc) is 2.90. The summed E-state index contributed by atoms with van der Waals surface area (Å²) in [6.45, 7) is 4.72. The SMILES string of the molecule is CC(C)c1nc(-c2ccccn2)nc2[nH]cc(CN)c12. The van der Waals surface area contributed by atoms with E-state index >= 15 is 0 Å². The van der Waals surface area contributed by atoms with Gasteiger partial charge in [0, 0.05) is 24.3 Å². The maximum Gasteiger partial charge on any atom is 0.180 e. The van der Waals surface area contributed by atoms with Crippen molar-refractivity contribution in [2.75, 3.05) is 0 Å². The lowest BCUT2D eigenvalue weighted by atomic mass is 10.0. The standard InChI is InChI=1S/C15H17N5/c1-9(2)13-12-10(7-16)8-18-15(12)20-14(19-13)11-5-3-4-6-17-11/h3-6,8-9H,7,16H2,1-2H3,(H,18,19,20). The number of hydrogen-bond donors (Lipinski definition) is 2. The molecule has 0 aliphatic rings. The van der Waals surface area contributed by atoms with Crippen LogP contribution in [0, 0.1) is 0 Å². The summed E-state index contributed by atoms with van der Waals surface area (Å²) >= 11 is 0. The molecule has 0 saturated carbocycles. The summed E-state index contributed by atoms with van der Waals surface area (Å²) in [6.07, 6.45) is 3.66. The topological polar surface area (TPSA) is 80.5 Å². The smallest absolute Gasteiger partial charge is 0.180 e. The Morgan fingerprint density at radius 1 is 1.25 bits per heavy atom. The van der Waals surface area contributed by atoms with Crippen LogP contribution in [0.15, 0.2) is 30.6 Å². The lowest BCUT2D eigenvalue weighted by Crippen LogP contribution is -2.03. The van der Waals surface area contributed by atoms with Gasteiger partial charge in [-0.05, 0) is 23.6 Å². The molecule has 0 unspecified atom stereocenters. The predicted molar refractivity (Wildman–Crippen MR) is 79.1 cm³/mol. The first-order valence-corrected chi connectivity index (χ1v) is 6.70. The van der Waals surface area contributed by atoms with Crippen molar-refractivity contribution in [2.24, 2.45) is 5.73 Å². The van der Waals surface area contributed by atoms with Gasteiger partial charge in [-0.25, -0.2) is 9.97 Å². The highest BCUT2D eigenvalue weighted by atomic mass is 15.0. The summed E-state index contributed by atoms with van der Waals surface area (Å²) < 4.78 is 0. The van der Waals surface area contributed by atoms with Crippen LogP contribution in [0.3, 0.4) is 0 Å². The summed E-state index contributed by atoms with van der Waals surface area (Å²) in [5.41, 5.74) is 9.46. The Bertz CT molecular complexity index is 731. The van der Waals surface area contributed by atoms with E-state index in [0.29, 0.717) is 18.3 Å². The molecule has 3 heterocycles. The summed E-state index contributed by atoms with van der Waals surface area (Å²) in [7, 11) is 0. The Morgan fingerprint density at radius 3 is 2.75 bits per heavy atom. The number of nitrogens with two attached hydrogens (primary N) is 1. The van der Waals surface area contributed by atoms with Crippen molar-refractivity contribution in [3.63, 3.8) is 0 Å². The van der Waals surface area contributed by atoms with Gasteiger partial charge < -0.3 is 10.7 Å². The van der Waals surface area contributed by atoms with Crippen LogP contribution in [0.2, 0.25) is 0 Å². The monoisotopic (exact) mass is 267 g/mol. The van der Waals surface area contributed by atoms with Crippen LogP contribution in [0.1, 0.15) is 31.0 Å². The van der Waals surface area contributed by atoms with Crippen molar-refractivity contribution in [1.29, 1.82) is 0 Å². The van der Waals surface area contributed by atoms with Crippen molar-refractivity contribution >= 4 is 11.0 Å².